The van der Waals surface area contributed by atoms with Crippen molar-refractivity contribution in [3.05, 3.63) is 34.6 Å². The van der Waals surface area contributed by atoms with Gasteiger partial charge in [0, 0.05) is 11.6 Å². The molecule has 0 radical (unpaired) electrons. The van der Waals surface area contributed by atoms with Gasteiger partial charge in [-0.2, -0.15) is 0 Å². The van der Waals surface area contributed by atoms with Crippen LogP contribution in [0.5, 0.6) is 0 Å². The third kappa shape index (κ3) is 2.85. The van der Waals surface area contributed by atoms with Gasteiger partial charge in [0.2, 0.25) is 0 Å². The summed E-state index contributed by atoms with van der Waals surface area (Å²) in [5.41, 5.74) is -0.236. The van der Waals surface area contributed by atoms with Crippen LogP contribution in [0.1, 0.15) is 10.4 Å². The highest BCUT2D eigenvalue weighted by Gasteiger charge is 2.34. The van der Waals surface area contributed by atoms with Crippen LogP contribution >= 0.6 is 11.6 Å². The number of carboxylic acids is 1. The van der Waals surface area contributed by atoms with E-state index in [-0.39, 0.29) is 30.3 Å². The fraction of sp³-hybridized carbons (Fsp3) is 0.333. The number of carboxylic acid groups (broad SMARTS) is 1. The molecule has 0 saturated carbocycles. The molecule has 1 heterocycles. The molecule has 1 aromatic rings. The van der Waals surface area contributed by atoms with Gasteiger partial charge in [-0.3, -0.25) is 4.79 Å². The monoisotopic (exact) mass is 287 g/mol. The molecule has 1 amide bonds. The van der Waals surface area contributed by atoms with Gasteiger partial charge in [-0.25, -0.2) is 9.18 Å². The van der Waals surface area contributed by atoms with Crippen molar-refractivity contribution < 1.29 is 23.8 Å². The summed E-state index contributed by atoms with van der Waals surface area (Å²) in [6, 6.07) is 2.47. The molecule has 1 aromatic carbocycles. The first-order chi connectivity index (χ1) is 9.00. The number of amides is 1. The zero-order valence-electron chi connectivity index (χ0n) is 9.81. The van der Waals surface area contributed by atoms with Crippen LogP contribution in [-0.2, 0) is 9.53 Å². The van der Waals surface area contributed by atoms with E-state index in [1.165, 1.54) is 12.1 Å². The predicted molar refractivity (Wildman–Crippen MR) is 64.7 cm³/mol. The molecular formula is C12H11ClFNO4. The van der Waals surface area contributed by atoms with Gasteiger partial charge in [0.15, 0.2) is 6.04 Å². The number of aliphatic carboxylic acids is 1. The topological polar surface area (TPSA) is 66.8 Å². The minimum Gasteiger partial charge on any atom is -0.480 e. The van der Waals surface area contributed by atoms with Crippen molar-refractivity contribution in [2.75, 3.05) is 19.8 Å². The Morgan fingerprint density at radius 1 is 1.47 bits per heavy atom. The highest BCUT2D eigenvalue weighted by Crippen LogP contribution is 2.19. The van der Waals surface area contributed by atoms with Crippen molar-refractivity contribution in [2.45, 2.75) is 6.04 Å². The molecule has 0 aliphatic carbocycles. The van der Waals surface area contributed by atoms with Gasteiger partial charge in [0.25, 0.3) is 5.91 Å². The second-order valence-electron chi connectivity index (χ2n) is 4.05. The summed E-state index contributed by atoms with van der Waals surface area (Å²) in [5.74, 6) is -2.61. The average Bonchev–Trinajstić information content (AvgIpc) is 2.40. The number of ether oxygens (including phenoxy) is 1. The predicted octanol–water partition coefficient (Wildman–Crippen LogP) is 1.40. The smallest absolute Gasteiger partial charge is 0.328 e. The van der Waals surface area contributed by atoms with Crippen molar-refractivity contribution in [1.82, 2.24) is 4.90 Å². The van der Waals surface area contributed by atoms with Gasteiger partial charge in [-0.15, -0.1) is 0 Å². The number of halogens is 2. The summed E-state index contributed by atoms with van der Waals surface area (Å²) in [4.78, 5) is 24.3. The number of carbonyl (C=O) groups is 2. The van der Waals surface area contributed by atoms with E-state index in [4.69, 9.17) is 21.4 Å². The highest BCUT2D eigenvalue weighted by atomic mass is 35.5. The molecule has 19 heavy (non-hydrogen) atoms. The van der Waals surface area contributed by atoms with E-state index in [9.17, 15) is 14.0 Å². The molecule has 1 fully saturated rings. The second kappa shape index (κ2) is 5.54. The zero-order valence-corrected chi connectivity index (χ0v) is 10.6. The summed E-state index contributed by atoms with van der Waals surface area (Å²) in [5, 5.41) is 9.25. The number of carbonyl (C=O) groups excluding carboxylic acids is 1. The van der Waals surface area contributed by atoms with Gasteiger partial charge in [0.1, 0.15) is 5.82 Å². The molecule has 7 heteroatoms. The molecule has 1 aliphatic rings. The van der Waals surface area contributed by atoms with Crippen LogP contribution in [0, 0.1) is 5.82 Å². The van der Waals surface area contributed by atoms with Crippen molar-refractivity contribution in [1.29, 1.82) is 0 Å². The fourth-order valence-electron chi connectivity index (χ4n) is 1.87. The van der Waals surface area contributed by atoms with Crippen molar-refractivity contribution in [3.8, 4) is 0 Å². The van der Waals surface area contributed by atoms with Gasteiger partial charge < -0.3 is 14.7 Å². The van der Waals surface area contributed by atoms with Crippen molar-refractivity contribution in [3.63, 3.8) is 0 Å². The Labute approximate surface area is 113 Å². The Morgan fingerprint density at radius 3 is 2.89 bits per heavy atom. The van der Waals surface area contributed by atoms with E-state index in [2.05, 4.69) is 0 Å². The minimum atomic E-state index is -1.18. The number of nitrogens with zero attached hydrogens (tertiary/aromatic N) is 1. The maximum absolute atomic E-state index is 13.6. The third-order valence-electron chi connectivity index (χ3n) is 2.83. The fourth-order valence-corrected chi connectivity index (χ4v) is 2.04. The molecule has 2 rings (SSSR count). The first-order valence-electron chi connectivity index (χ1n) is 5.57. The van der Waals surface area contributed by atoms with Crippen LogP contribution in [0.2, 0.25) is 5.02 Å². The third-order valence-corrected chi connectivity index (χ3v) is 3.07. The van der Waals surface area contributed by atoms with E-state index in [0.29, 0.717) is 0 Å². The largest absolute Gasteiger partial charge is 0.480 e. The number of benzene rings is 1. The van der Waals surface area contributed by atoms with E-state index in [1.807, 2.05) is 0 Å². The quantitative estimate of drug-likeness (QED) is 0.893. The molecule has 0 aromatic heterocycles. The lowest BCUT2D eigenvalue weighted by molar-refractivity contribution is -0.147. The molecule has 0 bridgehead atoms. The highest BCUT2D eigenvalue weighted by molar-refractivity contribution is 6.31. The van der Waals surface area contributed by atoms with Gasteiger partial charge in [-0.1, -0.05) is 11.6 Å². The molecule has 0 unspecified atom stereocenters. The van der Waals surface area contributed by atoms with E-state index >= 15 is 0 Å². The Kier molecular flexibility index (Phi) is 4.01. The first-order valence-corrected chi connectivity index (χ1v) is 5.95. The lowest BCUT2D eigenvalue weighted by atomic mass is 10.1. The SMILES string of the molecule is O=C(O)[C@@H]1COCCN1C(=O)c1cc(Cl)ccc1F. The van der Waals surface area contributed by atoms with Crippen molar-refractivity contribution >= 4 is 23.5 Å². The van der Waals surface area contributed by atoms with E-state index in [1.54, 1.807) is 0 Å². The standard InChI is InChI=1S/C12H11ClFNO4/c13-7-1-2-9(14)8(5-7)11(16)15-3-4-19-6-10(15)12(17)18/h1-2,5,10H,3-4,6H2,(H,17,18)/t10-/m0/s1. The lowest BCUT2D eigenvalue weighted by Crippen LogP contribution is -2.52. The van der Waals surface area contributed by atoms with E-state index < -0.39 is 23.7 Å². The first kappa shape index (κ1) is 13.8. The number of rotatable bonds is 2. The summed E-state index contributed by atoms with van der Waals surface area (Å²) in [7, 11) is 0. The van der Waals surface area contributed by atoms with Crippen molar-refractivity contribution in [2.24, 2.45) is 0 Å². The minimum absolute atomic E-state index is 0.0990. The number of hydrogen-bond acceptors (Lipinski definition) is 3. The number of hydrogen-bond donors (Lipinski definition) is 1. The maximum Gasteiger partial charge on any atom is 0.328 e. The Bertz CT molecular complexity index is 522. The normalized spacial score (nSPS) is 19.3. The molecule has 1 atom stereocenters. The summed E-state index contributed by atoms with van der Waals surface area (Å²) in [6.07, 6.45) is 0. The molecular weight excluding hydrogens is 277 g/mol. The van der Waals surface area contributed by atoms with Gasteiger partial charge >= 0.3 is 5.97 Å². The van der Waals surface area contributed by atoms with E-state index in [0.717, 1.165) is 11.0 Å². The molecule has 5 nitrogen and oxygen atoms in total. The van der Waals surface area contributed by atoms with Gasteiger partial charge in [-0.05, 0) is 18.2 Å². The molecule has 1 aliphatic heterocycles. The van der Waals surface area contributed by atoms with Gasteiger partial charge in [0.05, 0.1) is 18.8 Å². The molecule has 1 N–H and O–H groups in total. The summed E-state index contributed by atoms with van der Waals surface area (Å²) >= 11 is 5.72. The Balaban J connectivity index is 2.31. The summed E-state index contributed by atoms with van der Waals surface area (Å²) in [6.45, 7) is 0.211. The second-order valence-corrected chi connectivity index (χ2v) is 4.49. The Morgan fingerprint density at radius 2 is 2.21 bits per heavy atom. The maximum atomic E-state index is 13.6. The summed E-state index contributed by atoms with van der Waals surface area (Å²) < 4.78 is 18.6. The average molecular weight is 288 g/mol. The number of morpholine rings is 1. The van der Waals surface area contributed by atoms with Crippen LogP contribution in [0.3, 0.4) is 0 Å². The van der Waals surface area contributed by atoms with Crippen LogP contribution in [0.15, 0.2) is 18.2 Å². The van der Waals surface area contributed by atoms with Crippen LogP contribution in [0.25, 0.3) is 0 Å². The molecule has 1 saturated heterocycles. The molecule has 102 valence electrons. The van der Waals surface area contributed by atoms with Crippen LogP contribution in [-0.4, -0.2) is 47.7 Å². The van der Waals surface area contributed by atoms with Crippen LogP contribution in [0.4, 0.5) is 4.39 Å². The lowest BCUT2D eigenvalue weighted by Gasteiger charge is -2.32. The zero-order chi connectivity index (χ0) is 14.0. The molecule has 0 spiro atoms. The Hall–Kier alpha value is -1.66. The van der Waals surface area contributed by atoms with Crippen LogP contribution < -0.4 is 0 Å².